The number of unbranched alkanes of at least 4 members (excludes halogenated alkanes) is 1. The molecule has 0 aliphatic rings. The number of hydrogen-bond acceptors (Lipinski definition) is 1. The molecule has 2 heteroatoms. The van der Waals surface area contributed by atoms with Crippen molar-refractivity contribution in [1.29, 1.82) is 0 Å². The Morgan fingerprint density at radius 3 is 1.89 bits per heavy atom. The van der Waals surface area contributed by atoms with Gasteiger partial charge in [-0.3, -0.25) is 4.79 Å². The van der Waals surface area contributed by atoms with E-state index in [4.69, 9.17) is 5.11 Å². The molecule has 0 amide bonds. The first kappa shape index (κ1) is 16.2. The lowest BCUT2D eigenvalue weighted by atomic mass is 10.2. The van der Waals surface area contributed by atoms with Crippen LogP contribution in [0.3, 0.4) is 0 Å². The molecule has 0 radical (unpaired) electrons. The molecule has 0 rings (SSSR count). The fourth-order valence-corrected chi connectivity index (χ4v) is 1.15. The number of allylic oxidation sites excluding steroid dienone is 10. The second-order valence-electron chi connectivity index (χ2n) is 3.71. The zero-order valence-electron chi connectivity index (χ0n) is 11.0. The molecule has 0 saturated heterocycles. The Bertz CT molecular complexity index is 344. The largest absolute Gasteiger partial charge is 0.481 e. The van der Waals surface area contributed by atoms with Crippen LogP contribution >= 0.6 is 0 Å². The lowest BCUT2D eigenvalue weighted by Crippen LogP contribution is -1.92. The van der Waals surface area contributed by atoms with Gasteiger partial charge < -0.3 is 5.11 Å². The van der Waals surface area contributed by atoms with Crippen LogP contribution in [0, 0.1) is 0 Å². The summed E-state index contributed by atoms with van der Waals surface area (Å²) in [6.07, 6.45) is 22.6. The average molecular weight is 246 g/mol. The monoisotopic (exact) mass is 246 g/mol. The summed E-state index contributed by atoms with van der Waals surface area (Å²) in [4.78, 5) is 10.2. The first-order valence-electron chi connectivity index (χ1n) is 6.30. The maximum Gasteiger partial charge on any atom is 0.303 e. The van der Waals surface area contributed by atoms with Gasteiger partial charge in [0.25, 0.3) is 0 Å². The highest BCUT2D eigenvalue weighted by atomic mass is 16.4. The lowest BCUT2D eigenvalue weighted by molar-refractivity contribution is -0.137. The van der Waals surface area contributed by atoms with E-state index in [0.29, 0.717) is 6.42 Å². The molecular weight excluding hydrogens is 224 g/mol. The molecule has 2 nitrogen and oxygen atoms in total. The molecule has 1 N–H and O–H groups in total. The van der Waals surface area contributed by atoms with Crippen molar-refractivity contribution in [3.63, 3.8) is 0 Å². The van der Waals surface area contributed by atoms with E-state index in [-0.39, 0.29) is 6.42 Å². The van der Waals surface area contributed by atoms with Crippen LogP contribution in [0.1, 0.15) is 32.6 Å². The zero-order chi connectivity index (χ0) is 13.5. The minimum absolute atomic E-state index is 0.240. The standard InChI is InChI=1S/C16H22O2/c1-2-3-4-5-6-7-8-9-10-11-12-13-14-15-16(17)18/h3-12H,2,13-15H2,1H3,(H,17,18)/b4-3+,6-5+,8-7+,10-9+,12-11+. The second kappa shape index (κ2) is 13.2. The van der Waals surface area contributed by atoms with E-state index in [1.165, 1.54) is 0 Å². The van der Waals surface area contributed by atoms with Gasteiger partial charge in [0.1, 0.15) is 0 Å². The van der Waals surface area contributed by atoms with Crippen LogP contribution in [0.15, 0.2) is 60.8 Å². The molecule has 0 aliphatic carbocycles. The van der Waals surface area contributed by atoms with E-state index >= 15 is 0 Å². The molecule has 0 fully saturated rings. The first-order chi connectivity index (χ1) is 8.77. The summed E-state index contributed by atoms with van der Waals surface area (Å²) in [5.41, 5.74) is 0. The van der Waals surface area contributed by atoms with Crippen molar-refractivity contribution in [2.45, 2.75) is 32.6 Å². The molecule has 0 spiro atoms. The molecule has 0 bridgehead atoms. The van der Waals surface area contributed by atoms with Gasteiger partial charge in [0.15, 0.2) is 0 Å². The molecule has 0 aromatic rings. The van der Waals surface area contributed by atoms with Crippen LogP contribution < -0.4 is 0 Å². The summed E-state index contributed by atoms with van der Waals surface area (Å²) in [5.74, 6) is -0.731. The molecule has 18 heavy (non-hydrogen) atoms. The van der Waals surface area contributed by atoms with E-state index in [1.54, 1.807) is 0 Å². The number of carboxylic acids is 1. The molecule has 98 valence electrons. The highest BCUT2D eigenvalue weighted by molar-refractivity contribution is 5.66. The quantitative estimate of drug-likeness (QED) is 0.482. The summed E-state index contributed by atoms with van der Waals surface area (Å²) in [7, 11) is 0. The summed E-state index contributed by atoms with van der Waals surface area (Å²) in [5, 5.41) is 8.43. The Morgan fingerprint density at radius 1 is 0.889 bits per heavy atom. The molecule has 0 heterocycles. The SMILES string of the molecule is CC/C=C/C=C/C=C/C=C/C=C/CCCC(=O)O. The number of carboxylic acid groups (broad SMARTS) is 1. The average Bonchev–Trinajstić information content (AvgIpc) is 2.34. The third kappa shape index (κ3) is 14.2. The van der Waals surface area contributed by atoms with Gasteiger partial charge >= 0.3 is 5.97 Å². The lowest BCUT2D eigenvalue weighted by Gasteiger charge is -1.88. The molecule has 0 unspecified atom stereocenters. The van der Waals surface area contributed by atoms with Crippen molar-refractivity contribution in [3.8, 4) is 0 Å². The predicted molar refractivity (Wildman–Crippen MR) is 77.5 cm³/mol. The summed E-state index contributed by atoms with van der Waals surface area (Å²) in [6, 6.07) is 0. The van der Waals surface area contributed by atoms with Gasteiger partial charge in [0, 0.05) is 6.42 Å². The van der Waals surface area contributed by atoms with Crippen molar-refractivity contribution < 1.29 is 9.90 Å². The van der Waals surface area contributed by atoms with Crippen molar-refractivity contribution >= 4 is 5.97 Å². The number of carbonyl (C=O) groups is 1. The summed E-state index contributed by atoms with van der Waals surface area (Å²) < 4.78 is 0. The van der Waals surface area contributed by atoms with Gasteiger partial charge in [-0.25, -0.2) is 0 Å². The molecule has 0 aromatic carbocycles. The van der Waals surface area contributed by atoms with Crippen LogP contribution in [0.4, 0.5) is 0 Å². The predicted octanol–water partition coefficient (Wildman–Crippen LogP) is 4.43. The fourth-order valence-electron chi connectivity index (χ4n) is 1.15. The summed E-state index contributed by atoms with van der Waals surface area (Å²) in [6.45, 7) is 2.10. The summed E-state index contributed by atoms with van der Waals surface area (Å²) >= 11 is 0. The molecular formula is C16H22O2. The maximum atomic E-state index is 10.2. The minimum Gasteiger partial charge on any atom is -0.481 e. The van der Waals surface area contributed by atoms with E-state index in [1.807, 2.05) is 54.7 Å². The van der Waals surface area contributed by atoms with Gasteiger partial charge in [-0.05, 0) is 19.3 Å². The third-order valence-corrected chi connectivity index (χ3v) is 2.05. The second-order valence-corrected chi connectivity index (χ2v) is 3.71. The Kier molecular flexibility index (Phi) is 11.9. The van der Waals surface area contributed by atoms with E-state index < -0.39 is 5.97 Å². The van der Waals surface area contributed by atoms with Crippen LogP contribution in [0.5, 0.6) is 0 Å². The molecule has 0 saturated carbocycles. The highest BCUT2D eigenvalue weighted by Gasteiger charge is 1.92. The van der Waals surface area contributed by atoms with Crippen LogP contribution in [-0.4, -0.2) is 11.1 Å². The van der Waals surface area contributed by atoms with Gasteiger partial charge in [-0.2, -0.15) is 0 Å². The highest BCUT2D eigenvalue weighted by Crippen LogP contribution is 1.96. The normalized spacial score (nSPS) is 12.9. The van der Waals surface area contributed by atoms with Crippen molar-refractivity contribution in [2.24, 2.45) is 0 Å². The first-order valence-corrected chi connectivity index (χ1v) is 6.30. The number of aliphatic carboxylic acids is 1. The smallest absolute Gasteiger partial charge is 0.303 e. The Labute approximate surface area is 110 Å². The maximum absolute atomic E-state index is 10.2. The van der Waals surface area contributed by atoms with E-state index in [0.717, 1.165) is 12.8 Å². The van der Waals surface area contributed by atoms with Gasteiger partial charge in [-0.1, -0.05) is 67.7 Å². The topological polar surface area (TPSA) is 37.3 Å². The van der Waals surface area contributed by atoms with Crippen molar-refractivity contribution in [2.75, 3.05) is 0 Å². The number of hydrogen-bond donors (Lipinski definition) is 1. The number of rotatable bonds is 9. The van der Waals surface area contributed by atoms with Gasteiger partial charge in [-0.15, -0.1) is 0 Å². The van der Waals surface area contributed by atoms with E-state index in [2.05, 4.69) is 13.0 Å². The molecule has 0 aromatic heterocycles. The van der Waals surface area contributed by atoms with Crippen LogP contribution in [0.2, 0.25) is 0 Å². The minimum atomic E-state index is -0.731. The molecule has 0 aliphatic heterocycles. The zero-order valence-corrected chi connectivity index (χ0v) is 11.0. The van der Waals surface area contributed by atoms with Gasteiger partial charge in [0.2, 0.25) is 0 Å². The van der Waals surface area contributed by atoms with Crippen molar-refractivity contribution in [3.05, 3.63) is 60.8 Å². The van der Waals surface area contributed by atoms with Crippen molar-refractivity contribution in [1.82, 2.24) is 0 Å². The Morgan fingerprint density at radius 2 is 1.39 bits per heavy atom. The molecule has 0 atom stereocenters. The van der Waals surface area contributed by atoms with E-state index in [9.17, 15) is 4.79 Å². The van der Waals surface area contributed by atoms with Gasteiger partial charge in [0.05, 0.1) is 0 Å². The Hall–Kier alpha value is -1.83. The van der Waals surface area contributed by atoms with Crippen LogP contribution in [-0.2, 0) is 4.79 Å². The Balaban J connectivity index is 3.60. The fraction of sp³-hybridized carbons (Fsp3) is 0.312. The van der Waals surface area contributed by atoms with Crippen LogP contribution in [0.25, 0.3) is 0 Å². The third-order valence-electron chi connectivity index (χ3n) is 2.05.